The van der Waals surface area contributed by atoms with Crippen molar-refractivity contribution in [1.82, 2.24) is 4.98 Å². The van der Waals surface area contributed by atoms with E-state index in [1.165, 1.54) is 46.0 Å². The maximum absolute atomic E-state index is 8.52. The summed E-state index contributed by atoms with van der Waals surface area (Å²) in [4.78, 5) is 11.3. The van der Waals surface area contributed by atoms with E-state index >= 15 is 0 Å². The second-order valence-electron chi connectivity index (χ2n) is 17.6. The highest BCUT2D eigenvalue weighted by Crippen LogP contribution is 2.50. The number of hydrogen-bond acceptors (Lipinski definition) is 5. The molecule has 1 atom stereocenters. The van der Waals surface area contributed by atoms with E-state index in [1.54, 1.807) is 0 Å². The van der Waals surface area contributed by atoms with E-state index in [0.29, 0.717) is 17.9 Å². The summed E-state index contributed by atoms with van der Waals surface area (Å²) in [5.74, 6) is 2.84. The van der Waals surface area contributed by atoms with Crippen LogP contribution in [0.3, 0.4) is 0 Å². The molecule has 2 aliphatic heterocycles. The lowest BCUT2D eigenvalue weighted by Gasteiger charge is -2.31. The molecule has 1 aromatic heterocycles. The van der Waals surface area contributed by atoms with Crippen LogP contribution in [0.25, 0.3) is 16.7 Å². The average molecular weight is 783 g/mol. The zero-order valence-corrected chi connectivity index (χ0v) is 35.0. The van der Waals surface area contributed by atoms with Crippen molar-refractivity contribution in [3.63, 3.8) is 0 Å². The monoisotopic (exact) mass is 782 g/mol. The van der Waals surface area contributed by atoms with E-state index < -0.39 is 13.7 Å². The largest absolute Gasteiger partial charge is 0.462 e. The normalized spacial score (nSPS) is 17.9. The van der Waals surface area contributed by atoms with Crippen molar-refractivity contribution in [2.45, 2.75) is 91.9 Å². The van der Waals surface area contributed by atoms with E-state index in [9.17, 15) is 0 Å². The van der Waals surface area contributed by atoms with E-state index in [2.05, 4.69) is 137 Å². The lowest BCUT2D eigenvalue weighted by Crippen LogP contribution is -2.30. The molecule has 5 aromatic carbocycles. The number of hydrogen-bond donors (Lipinski definition) is 0. The standard InChI is InChI=1S/C54H56N4O/c1-34(2)43-19-15-20-44(35(3)4)52(43)38-28-40(56-33-57(49-23-13-12-22-48(49)56)53-36(5)16-14-17-37(53)6)31-42(29-38)59-41-24-25-46-45-18-10-11-21-47(45)58(50(46)32-41)51-30-39(26-27-55-51)54(7,8)9/h10-31,34-35,50H,32-33H2,1-9H3/i5D3,6D3. The van der Waals surface area contributed by atoms with Gasteiger partial charge in [0.25, 0.3) is 0 Å². The molecule has 0 spiro atoms. The zero-order valence-electron chi connectivity index (χ0n) is 41.0. The number of aryl methyl sites for hydroxylation is 2. The first-order valence-corrected chi connectivity index (χ1v) is 20.8. The van der Waals surface area contributed by atoms with Crippen LogP contribution in [0, 0.1) is 13.7 Å². The molecule has 5 nitrogen and oxygen atoms in total. The summed E-state index contributed by atoms with van der Waals surface area (Å²) in [5, 5.41) is 0. The van der Waals surface area contributed by atoms with Crippen LogP contribution in [-0.2, 0) is 5.41 Å². The van der Waals surface area contributed by atoms with Crippen LogP contribution in [0.5, 0.6) is 5.75 Å². The van der Waals surface area contributed by atoms with Gasteiger partial charge in [0.15, 0.2) is 0 Å². The van der Waals surface area contributed by atoms with Gasteiger partial charge in [-0.1, -0.05) is 121 Å². The van der Waals surface area contributed by atoms with Gasteiger partial charge in [-0.05, 0) is 124 Å². The van der Waals surface area contributed by atoms with Crippen LogP contribution in [0.2, 0.25) is 0 Å². The molecular weight excluding hydrogens is 721 g/mol. The molecule has 1 unspecified atom stereocenters. The summed E-state index contributed by atoms with van der Waals surface area (Å²) in [5.41, 5.74) is 11.8. The minimum absolute atomic E-state index is 0.00640. The Morgan fingerprint density at radius 2 is 1.37 bits per heavy atom. The summed E-state index contributed by atoms with van der Waals surface area (Å²) < 4.78 is 58.2. The second-order valence-corrected chi connectivity index (χ2v) is 17.6. The molecule has 9 rings (SSSR count). The maximum Gasteiger partial charge on any atom is 0.133 e. The summed E-state index contributed by atoms with van der Waals surface area (Å²) in [6.45, 7) is 10.6. The molecule has 5 heteroatoms. The maximum atomic E-state index is 8.52. The third kappa shape index (κ3) is 6.90. The molecule has 1 aliphatic carbocycles. The number of aromatic nitrogens is 1. The molecule has 0 bridgehead atoms. The number of rotatable bonds is 8. The molecule has 3 heterocycles. The number of para-hydroxylation sites is 4. The van der Waals surface area contributed by atoms with Crippen LogP contribution < -0.4 is 19.4 Å². The molecule has 6 aromatic rings. The van der Waals surface area contributed by atoms with Gasteiger partial charge in [0.05, 0.1) is 23.1 Å². The van der Waals surface area contributed by atoms with Crippen molar-refractivity contribution in [3.8, 4) is 16.9 Å². The number of ether oxygens (including phenoxy) is 1. The van der Waals surface area contributed by atoms with Crippen LogP contribution in [0.15, 0.2) is 139 Å². The highest BCUT2D eigenvalue weighted by Gasteiger charge is 2.38. The van der Waals surface area contributed by atoms with Gasteiger partial charge in [0.1, 0.15) is 24.0 Å². The Morgan fingerprint density at radius 1 is 0.712 bits per heavy atom. The summed E-state index contributed by atoms with van der Waals surface area (Å²) in [6.07, 6.45) is 6.79. The third-order valence-electron chi connectivity index (χ3n) is 12.0. The Balaban J connectivity index is 1.18. The van der Waals surface area contributed by atoms with Crippen molar-refractivity contribution in [2.24, 2.45) is 0 Å². The van der Waals surface area contributed by atoms with E-state index in [1.807, 2.05) is 41.4 Å². The smallest absolute Gasteiger partial charge is 0.133 e. The van der Waals surface area contributed by atoms with Gasteiger partial charge in [0, 0.05) is 43.8 Å². The van der Waals surface area contributed by atoms with Gasteiger partial charge in [0.2, 0.25) is 0 Å². The predicted octanol–water partition coefficient (Wildman–Crippen LogP) is 14.4. The van der Waals surface area contributed by atoms with E-state index in [4.69, 9.17) is 17.9 Å². The average Bonchev–Trinajstić information content (AvgIpc) is 3.81. The number of anilines is 6. The summed E-state index contributed by atoms with van der Waals surface area (Å²) >= 11 is 0. The minimum Gasteiger partial charge on any atom is -0.462 e. The first-order chi connectivity index (χ1) is 30.8. The van der Waals surface area contributed by atoms with Crippen LogP contribution in [-0.4, -0.2) is 17.7 Å². The molecule has 0 saturated heterocycles. The minimum atomic E-state index is -2.56. The Morgan fingerprint density at radius 3 is 2.05 bits per heavy atom. The summed E-state index contributed by atoms with van der Waals surface area (Å²) in [7, 11) is 0. The number of pyridine rings is 1. The van der Waals surface area contributed by atoms with Crippen molar-refractivity contribution >= 4 is 39.8 Å². The fourth-order valence-electron chi connectivity index (χ4n) is 9.07. The molecule has 0 radical (unpaired) electrons. The fraction of sp³-hybridized carbons (Fsp3) is 0.278. The Bertz CT molecular complexity index is 2810. The topological polar surface area (TPSA) is 31.8 Å². The number of nitrogens with zero attached hydrogens (tertiary/aromatic N) is 4. The lowest BCUT2D eigenvalue weighted by molar-refractivity contribution is 0.397. The number of benzene rings is 5. The molecule has 59 heavy (non-hydrogen) atoms. The molecule has 298 valence electrons. The first-order valence-electron chi connectivity index (χ1n) is 23.8. The first kappa shape index (κ1) is 31.9. The van der Waals surface area contributed by atoms with Crippen molar-refractivity contribution < 1.29 is 13.0 Å². The molecule has 0 saturated carbocycles. The van der Waals surface area contributed by atoms with Crippen LogP contribution >= 0.6 is 0 Å². The highest BCUT2D eigenvalue weighted by atomic mass is 16.5. The highest BCUT2D eigenvalue weighted by molar-refractivity contribution is 5.93. The van der Waals surface area contributed by atoms with Crippen molar-refractivity contribution in [1.29, 1.82) is 0 Å². The van der Waals surface area contributed by atoms with Gasteiger partial charge in [-0.3, -0.25) is 0 Å². The summed E-state index contributed by atoms with van der Waals surface area (Å²) in [6, 6.07) is 38.1. The van der Waals surface area contributed by atoms with Crippen LogP contribution in [0.1, 0.15) is 108 Å². The Hall–Kier alpha value is -6.07. The quantitative estimate of drug-likeness (QED) is 0.154. The molecule has 0 amide bonds. The van der Waals surface area contributed by atoms with E-state index in [-0.39, 0.29) is 46.8 Å². The van der Waals surface area contributed by atoms with Gasteiger partial charge in [-0.25, -0.2) is 4.98 Å². The Labute approximate surface area is 359 Å². The molecule has 0 N–H and O–H groups in total. The predicted molar refractivity (Wildman–Crippen MR) is 248 cm³/mol. The van der Waals surface area contributed by atoms with Crippen LogP contribution in [0.4, 0.5) is 34.3 Å². The lowest BCUT2D eigenvalue weighted by atomic mass is 9.85. The molecular formula is C54H56N4O. The number of allylic oxidation sites excluding steroid dienone is 2. The third-order valence-corrected chi connectivity index (χ3v) is 12.0. The van der Waals surface area contributed by atoms with Crippen molar-refractivity contribution in [3.05, 3.63) is 173 Å². The Kier molecular flexibility index (Phi) is 8.07. The van der Waals surface area contributed by atoms with E-state index in [0.717, 1.165) is 39.8 Å². The van der Waals surface area contributed by atoms with Gasteiger partial charge in [-0.15, -0.1) is 0 Å². The van der Waals surface area contributed by atoms with Crippen molar-refractivity contribution in [2.75, 3.05) is 21.4 Å². The zero-order chi connectivity index (χ0) is 46.2. The SMILES string of the molecule is [2H]C([2H])([2H])c1cccc(C([2H])([2H])[2H])c1N1CN(c2cc(OC3=CC=C4c5ccccc5N(c5cc(C(C)(C)C)ccn5)C4C3)cc(-c3c(C(C)C)cccc3C(C)C)c2)c2ccccc21. The molecule has 3 aliphatic rings. The second kappa shape index (κ2) is 14.9. The number of fused-ring (bicyclic) bond motifs is 4. The van der Waals surface area contributed by atoms with Gasteiger partial charge < -0.3 is 19.4 Å². The van der Waals surface area contributed by atoms with Gasteiger partial charge >= 0.3 is 0 Å². The molecule has 0 fully saturated rings. The fourth-order valence-corrected chi connectivity index (χ4v) is 9.07. The van der Waals surface area contributed by atoms with Gasteiger partial charge in [-0.2, -0.15) is 0 Å².